The minimum Gasteiger partial charge on any atom is -0.298 e. The summed E-state index contributed by atoms with van der Waals surface area (Å²) in [7, 11) is 0. The number of aromatic nitrogens is 1. The van der Waals surface area contributed by atoms with E-state index < -0.39 is 0 Å². The van der Waals surface area contributed by atoms with Gasteiger partial charge >= 0.3 is 0 Å². The third-order valence-corrected chi connectivity index (χ3v) is 2.73. The van der Waals surface area contributed by atoms with Crippen LogP contribution in [0.5, 0.6) is 0 Å². The summed E-state index contributed by atoms with van der Waals surface area (Å²) in [6.07, 6.45) is 0.736. The van der Waals surface area contributed by atoms with Gasteiger partial charge in [-0.2, -0.15) is 5.26 Å². The molecule has 2 aromatic rings. The van der Waals surface area contributed by atoms with E-state index in [0.29, 0.717) is 16.3 Å². The zero-order valence-electron chi connectivity index (χ0n) is 9.64. The van der Waals surface area contributed by atoms with Crippen molar-refractivity contribution in [3.63, 3.8) is 0 Å². The molecular weight excluding hydrogens is 248 g/mol. The number of hydrogen-bond donors (Lipinski definition) is 0. The van der Waals surface area contributed by atoms with Gasteiger partial charge in [0.15, 0.2) is 6.29 Å². The number of pyridine rings is 1. The first kappa shape index (κ1) is 12.3. The van der Waals surface area contributed by atoms with Crippen LogP contribution in [0.4, 0.5) is 0 Å². The zero-order valence-corrected chi connectivity index (χ0v) is 10.4. The number of aldehydes is 1. The second-order valence-electron chi connectivity index (χ2n) is 3.85. The molecule has 0 radical (unpaired) electrons. The molecule has 0 N–H and O–H groups in total. The molecule has 3 nitrogen and oxygen atoms in total. The molecule has 0 atom stereocenters. The predicted octanol–water partition coefficient (Wildman–Crippen LogP) is 3.39. The van der Waals surface area contributed by atoms with Gasteiger partial charge < -0.3 is 0 Å². The maximum absolute atomic E-state index is 11.1. The fourth-order valence-corrected chi connectivity index (χ4v) is 2.03. The highest BCUT2D eigenvalue weighted by molar-refractivity contribution is 6.29. The molecular formula is C14H9ClN2O. The molecule has 1 aromatic carbocycles. The van der Waals surface area contributed by atoms with Gasteiger partial charge in [0.05, 0.1) is 11.6 Å². The summed E-state index contributed by atoms with van der Waals surface area (Å²) < 4.78 is 0. The summed E-state index contributed by atoms with van der Waals surface area (Å²) in [4.78, 5) is 15.2. The van der Waals surface area contributed by atoms with Crippen molar-refractivity contribution in [3.8, 4) is 17.2 Å². The van der Waals surface area contributed by atoms with Crippen molar-refractivity contribution in [2.45, 2.75) is 6.92 Å². The van der Waals surface area contributed by atoms with Crippen LogP contribution < -0.4 is 0 Å². The Kier molecular flexibility index (Phi) is 3.40. The Hall–Kier alpha value is -2.18. The van der Waals surface area contributed by atoms with Gasteiger partial charge in [0.2, 0.25) is 0 Å². The molecule has 1 aromatic heterocycles. The number of benzene rings is 1. The maximum atomic E-state index is 11.1. The van der Waals surface area contributed by atoms with Crippen molar-refractivity contribution in [2.24, 2.45) is 0 Å². The minimum absolute atomic E-state index is 0.381. The number of aryl methyl sites for hydroxylation is 1. The number of nitrogens with zero attached hydrogens (tertiary/aromatic N) is 2. The quantitative estimate of drug-likeness (QED) is 0.611. The van der Waals surface area contributed by atoms with Gasteiger partial charge in [-0.05, 0) is 42.3 Å². The lowest BCUT2D eigenvalue weighted by Gasteiger charge is -2.07. The van der Waals surface area contributed by atoms with E-state index in [1.165, 1.54) is 0 Å². The first-order chi connectivity index (χ1) is 8.63. The zero-order chi connectivity index (χ0) is 13.1. The van der Waals surface area contributed by atoms with Crippen LogP contribution in [-0.4, -0.2) is 11.3 Å². The highest BCUT2D eigenvalue weighted by Gasteiger charge is 2.07. The molecule has 0 saturated heterocycles. The smallest absolute Gasteiger partial charge is 0.150 e. The largest absolute Gasteiger partial charge is 0.298 e. The lowest BCUT2D eigenvalue weighted by atomic mass is 9.99. The molecule has 0 aliphatic heterocycles. The van der Waals surface area contributed by atoms with E-state index in [1.807, 2.05) is 19.1 Å². The fourth-order valence-electron chi connectivity index (χ4n) is 1.78. The SMILES string of the molecule is Cc1cc(-c2ccc(C#N)cc2C=O)cc(Cl)n1. The van der Waals surface area contributed by atoms with E-state index >= 15 is 0 Å². The van der Waals surface area contributed by atoms with Crippen LogP contribution in [-0.2, 0) is 0 Å². The molecule has 0 spiro atoms. The van der Waals surface area contributed by atoms with Crippen molar-refractivity contribution in [3.05, 3.63) is 52.3 Å². The third kappa shape index (κ3) is 2.39. The van der Waals surface area contributed by atoms with Crippen LogP contribution in [0.15, 0.2) is 30.3 Å². The topological polar surface area (TPSA) is 53.8 Å². The van der Waals surface area contributed by atoms with Crippen LogP contribution in [0.1, 0.15) is 21.6 Å². The standard InChI is InChI=1S/C14H9ClN2O/c1-9-4-11(6-14(15)17-9)13-3-2-10(7-16)5-12(13)8-18/h2-6,8H,1H3. The molecule has 0 aliphatic rings. The van der Waals surface area contributed by atoms with E-state index in [4.69, 9.17) is 16.9 Å². The first-order valence-corrected chi connectivity index (χ1v) is 5.65. The van der Waals surface area contributed by atoms with Gasteiger partial charge in [-0.15, -0.1) is 0 Å². The predicted molar refractivity (Wildman–Crippen MR) is 69.5 cm³/mol. The second-order valence-corrected chi connectivity index (χ2v) is 4.24. The highest BCUT2D eigenvalue weighted by atomic mass is 35.5. The van der Waals surface area contributed by atoms with Crippen molar-refractivity contribution in [1.82, 2.24) is 4.98 Å². The Morgan fingerprint density at radius 3 is 2.72 bits per heavy atom. The van der Waals surface area contributed by atoms with Gasteiger partial charge in [-0.1, -0.05) is 17.7 Å². The Labute approximate surface area is 110 Å². The van der Waals surface area contributed by atoms with Crippen LogP contribution in [0.3, 0.4) is 0 Å². The average molecular weight is 257 g/mol. The first-order valence-electron chi connectivity index (χ1n) is 5.28. The van der Waals surface area contributed by atoms with Crippen LogP contribution in [0.2, 0.25) is 5.15 Å². The molecule has 1 heterocycles. The lowest BCUT2D eigenvalue weighted by molar-refractivity contribution is 0.112. The van der Waals surface area contributed by atoms with Crippen molar-refractivity contribution >= 4 is 17.9 Å². The van der Waals surface area contributed by atoms with E-state index in [2.05, 4.69) is 4.98 Å². The number of carbonyl (C=O) groups is 1. The average Bonchev–Trinajstić information content (AvgIpc) is 2.36. The molecule has 88 valence electrons. The Bertz CT molecular complexity index is 639. The number of hydrogen-bond acceptors (Lipinski definition) is 3. The summed E-state index contributed by atoms with van der Waals surface area (Å²) in [5, 5.41) is 9.19. The molecule has 0 unspecified atom stereocenters. The maximum Gasteiger partial charge on any atom is 0.150 e. The highest BCUT2D eigenvalue weighted by Crippen LogP contribution is 2.26. The molecule has 4 heteroatoms. The van der Waals surface area contributed by atoms with Gasteiger partial charge in [0.1, 0.15) is 5.15 Å². The number of halogens is 1. The summed E-state index contributed by atoms with van der Waals surface area (Å²) in [6, 6.07) is 10.5. The third-order valence-electron chi connectivity index (χ3n) is 2.54. The van der Waals surface area contributed by atoms with Crippen molar-refractivity contribution in [2.75, 3.05) is 0 Å². The van der Waals surface area contributed by atoms with Crippen LogP contribution in [0, 0.1) is 18.3 Å². The van der Waals surface area contributed by atoms with E-state index in [9.17, 15) is 4.79 Å². The van der Waals surface area contributed by atoms with Crippen LogP contribution in [0.25, 0.3) is 11.1 Å². The molecule has 0 amide bonds. The van der Waals surface area contributed by atoms with Crippen molar-refractivity contribution < 1.29 is 4.79 Å². The van der Waals surface area contributed by atoms with E-state index in [0.717, 1.165) is 23.1 Å². The number of carbonyl (C=O) groups excluding carboxylic acids is 1. The summed E-state index contributed by atoms with van der Waals surface area (Å²) in [5.41, 5.74) is 3.27. The minimum atomic E-state index is 0.381. The molecule has 0 saturated carbocycles. The Morgan fingerprint density at radius 2 is 2.11 bits per heavy atom. The van der Waals surface area contributed by atoms with Crippen molar-refractivity contribution in [1.29, 1.82) is 5.26 Å². The Morgan fingerprint density at radius 1 is 1.33 bits per heavy atom. The lowest BCUT2D eigenvalue weighted by Crippen LogP contribution is -1.91. The Balaban J connectivity index is 2.63. The van der Waals surface area contributed by atoms with E-state index in [1.54, 1.807) is 24.3 Å². The molecule has 0 bridgehead atoms. The van der Waals surface area contributed by atoms with Gasteiger partial charge in [-0.25, -0.2) is 4.98 Å². The number of nitriles is 1. The van der Waals surface area contributed by atoms with Gasteiger partial charge in [0, 0.05) is 11.3 Å². The summed E-state index contributed by atoms with van der Waals surface area (Å²) in [6.45, 7) is 1.83. The molecule has 0 aliphatic carbocycles. The molecule has 18 heavy (non-hydrogen) atoms. The van der Waals surface area contributed by atoms with Gasteiger partial charge in [0.25, 0.3) is 0 Å². The monoisotopic (exact) mass is 256 g/mol. The molecule has 0 fully saturated rings. The van der Waals surface area contributed by atoms with Crippen LogP contribution >= 0.6 is 11.6 Å². The summed E-state index contributed by atoms with van der Waals surface area (Å²) in [5.74, 6) is 0. The molecule has 2 rings (SSSR count). The number of rotatable bonds is 2. The summed E-state index contributed by atoms with van der Waals surface area (Å²) >= 11 is 5.90. The second kappa shape index (κ2) is 4.99. The fraction of sp³-hybridized carbons (Fsp3) is 0.0714. The normalized spacial score (nSPS) is 9.83. The van der Waals surface area contributed by atoms with Gasteiger partial charge in [-0.3, -0.25) is 4.79 Å². The van der Waals surface area contributed by atoms with E-state index in [-0.39, 0.29) is 0 Å².